The van der Waals surface area contributed by atoms with Crippen molar-refractivity contribution < 1.29 is 50.1 Å². The Kier molecular flexibility index (Phi) is 5.04. The lowest BCUT2D eigenvalue weighted by molar-refractivity contribution is -0.379. The van der Waals surface area contributed by atoms with Crippen molar-refractivity contribution in [2.24, 2.45) is 0 Å². The molecule has 120 valence electrons. The van der Waals surface area contributed by atoms with E-state index in [1.807, 2.05) is 0 Å². The summed E-state index contributed by atoms with van der Waals surface area (Å²) in [4.78, 5) is 9.93. The zero-order valence-corrected chi connectivity index (χ0v) is 9.82. The summed E-state index contributed by atoms with van der Waals surface area (Å²) < 4.78 is 104. The molecule has 0 bridgehead atoms. The highest BCUT2D eigenvalue weighted by Gasteiger charge is 2.81. The third-order valence-electron chi connectivity index (χ3n) is 2.45. The van der Waals surface area contributed by atoms with E-state index in [9.17, 15) is 39.9 Å². The second-order valence-corrected chi connectivity index (χ2v) is 3.97. The molecule has 0 heterocycles. The summed E-state index contributed by atoms with van der Waals surface area (Å²) in [5.41, 5.74) is 0. The summed E-state index contributed by atoms with van der Waals surface area (Å²) in [6.07, 6.45) is -7.18. The Morgan fingerprint density at radius 1 is 1.00 bits per heavy atom. The maximum atomic E-state index is 13.0. The first-order chi connectivity index (χ1) is 8.65. The number of aliphatic hydroxyl groups excluding tert-OH is 1. The minimum atomic E-state index is -6.67. The Hall–Kier alpha value is -1.13. The van der Waals surface area contributed by atoms with Gasteiger partial charge in [-0.3, -0.25) is 4.79 Å². The highest BCUT2D eigenvalue weighted by molar-refractivity contribution is 5.68. The summed E-state index contributed by atoms with van der Waals surface area (Å²) in [5, 5.41) is 16.5. The number of aliphatic hydroxyl groups is 1. The third kappa shape index (κ3) is 2.81. The van der Waals surface area contributed by atoms with Gasteiger partial charge in [0.1, 0.15) is 12.5 Å². The summed E-state index contributed by atoms with van der Waals surface area (Å²) in [6, 6.07) is 0. The van der Waals surface area contributed by atoms with Crippen LogP contribution in [0, 0.1) is 0 Å². The van der Waals surface area contributed by atoms with Crippen molar-refractivity contribution in [2.75, 3.05) is 0 Å². The molecule has 1 unspecified atom stereocenters. The molecule has 20 heavy (non-hydrogen) atoms. The van der Waals surface area contributed by atoms with Gasteiger partial charge in [0.2, 0.25) is 0 Å². The van der Waals surface area contributed by atoms with E-state index in [0.29, 0.717) is 0 Å². The topological polar surface area (TPSA) is 57.5 Å². The normalized spacial score (nSPS) is 16.1. The molecule has 1 atom stereocenters. The smallest absolute Gasteiger partial charge is 0.380 e. The third-order valence-corrected chi connectivity index (χ3v) is 2.45. The van der Waals surface area contributed by atoms with E-state index >= 15 is 0 Å². The average molecular weight is 318 g/mol. The molecule has 0 spiro atoms. The number of aliphatic carboxylic acids is 1. The molecule has 0 rings (SSSR count). The summed E-state index contributed by atoms with van der Waals surface area (Å²) in [5.74, 6) is -27.7. The number of alkyl halides is 8. The molecule has 0 aliphatic rings. The Labute approximate surface area is 107 Å². The molecule has 0 aliphatic heterocycles. The van der Waals surface area contributed by atoms with Crippen LogP contribution in [0.25, 0.3) is 0 Å². The molecule has 11 heteroatoms. The van der Waals surface area contributed by atoms with Crippen LogP contribution in [-0.4, -0.2) is 46.0 Å². The summed E-state index contributed by atoms with van der Waals surface area (Å²) >= 11 is 0. The highest BCUT2D eigenvalue weighted by atomic mass is 19.4. The molecule has 0 aromatic carbocycles. The molecular formula is C9H10F8O3. The van der Waals surface area contributed by atoms with Crippen LogP contribution in [0.4, 0.5) is 35.1 Å². The van der Waals surface area contributed by atoms with Gasteiger partial charge < -0.3 is 10.2 Å². The van der Waals surface area contributed by atoms with Crippen molar-refractivity contribution in [1.29, 1.82) is 0 Å². The van der Waals surface area contributed by atoms with Gasteiger partial charge in [-0.05, 0) is 6.42 Å². The predicted molar refractivity (Wildman–Crippen MR) is 48.3 cm³/mol. The first kappa shape index (κ1) is 18.9. The van der Waals surface area contributed by atoms with Gasteiger partial charge in [0.15, 0.2) is 0 Å². The van der Waals surface area contributed by atoms with E-state index in [0.717, 1.165) is 6.92 Å². The molecule has 0 fully saturated rings. The lowest BCUT2D eigenvalue weighted by atomic mass is 9.93. The molecule has 0 aromatic rings. The van der Waals surface area contributed by atoms with Crippen LogP contribution < -0.4 is 0 Å². The van der Waals surface area contributed by atoms with E-state index < -0.39 is 48.6 Å². The minimum absolute atomic E-state index is 0.738. The predicted octanol–water partition coefficient (Wildman–Crippen LogP) is 2.77. The van der Waals surface area contributed by atoms with E-state index in [1.54, 1.807) is 0 Å². The van der Waals surface area contributed by atoms with E-state index in [1.165, 1.54) is 0 Å². The van der Waals surface area contributed by atoms with Gasteiger partial charge in [0.25, 0.3) is 0 Å². The number of carboxylic acid groups (broad SMARTS) is 1. The van der Waals surface area contributed by atoms with Gasteiger partial charge in [0, 0.05) is 0 Å². The number of rotatable bonds is 7. The fraction of sp³-hybridized carbons (Fsp3) is 0.889. The maximum absolute atomic E-state index is 13.0. The van der Waals surface area contributed by atoms with Crippen LogP contribution in [0.3, 0.4) is 0 Å². The molecule has 3 nitrogen and oxygen atoms in total. The van der Waals surface area contributed by atoms with Gasteiger partial charge in [-0.2, -0.15) is 35.1 Å². The fourth-order valence-corrected chi connectivity index (χ4v) is 1.21. The lowest BCUT2D eigenvalue weighted by Crippen LogP contribution is -2.65. The molecule has 0 amide bonds. The number of hydrogen-bond acceptors (Lipinski definition) is 2. The van der Waals surface area contributed by atoms with Gasteiger partial charge in [-0.1, -0.05) is 6.92 Å². The zero-order chi connectivity index (χ0) is 16.6. The second-order valence-electron chi connectivity index (χ2n) is 3.97. The highest BCUT2D eigenvalue weighted by Crippen LogP contribution is 2.54. The Balaban J connectivity index is 5.72. The summed E-state index contributed by atoms with van der Waals surface area (Å²) in [6.45, 7) is 0.738. The SMILES string of the molecule is CCC(O)C(F)(F)C(F)(F)C(F)(F)C(F)(F)CC(=O)O. The van der Waals surface area contributed by atoms with E-state index in [-0.39, 0.29) is 0 Å². The molecule has 0 aliphatic carbocycles. The summed E-state index contributed by atoms with van der Waals surface area (Å²) in [7, 11) is 0. The number of carbonyl (C=O) groups is 1. The van der Waals surface area contributed by atoms with Crippen molar-refractivity contribution in [3.63, 3.8) is 0 Å². The van der Waals surface area contributed by atoms with Crippen LogP contribution in [0.2, 0.25) is 0 Å². The first-order valence-corrected chi connectivity index (χ1v) is 5.06. The van der Waals surface area contributed by atoms with Crippen molar-refractivity contribution in [1.82, 2.24) is 0 Å². The van der Waals surface area contributed by atoms with Crippen LogP contribution in [0.15, 0.2) is 0 Å². The van der Waals surface area contributed by atoms with Gasteiger partial charge >= 0.3 is 29.7 Å². The second kappa shape index (κ2) is 5.34. The van der Waals surface area contributed by atoms with Gasteiger partial charge in [0.05, 0.1) is 0 Å². The van der Waals surface area contributed by atoms with Crippen molar-refractivity contribution >= 4 is 5.97 Å². The monoisotopic (exact) mass is 318 g/mol. The molecule has 0 aromatic heterocycles. The van der Waals surface area contributed by atoms with Crippen LogP contribution in [0.5, 0.6) is 0 Å². The van der Waals surface area contributed by atoms with Gasteiger partial charge in [-0.15, -0.1) is 0 Å². The number of hydrogen-bond donors (Lipinski definition) is 2. The molecular weight excluding hydrogens is 308 g/mol. The van der Waals surface area contributed by atoms with Crippen LogP contribution >= 0.6 is 0 Å². The maximum Gasteiger partial charge on any atom is 0.380 e. The Morgan fingerprint density at radius 3 is 1.70 bits per heavy atom. The van der Waals surface area contributed by atoms with E-state index in [2.05, 4.69) is 0 Å². The quantitative estimate of drug-likeness (QED) is 0.710. The molecule has 2 N–H and O–H groups in total. The fourth-order valence-electron chi connectivity index (χ4n) is 1.21. The van der Waals surface area contributed by atoms with Crippen molar-refractivity contribution in [3.05, 3.63) is 0 Å². The van der Waals surface area contributed by atoms with E-state index in [4.69, 9.17) is 10.2 Å². The average Bonchev–Trinajstić information content (AvgIpc) is 2.25. The standard InChI is InChI=1S/C9H10F8O3/c1-2-4(18)7(12,13)9(16,17)8(14,15)6(10,11)3-5(19)20/h4,18H,2-3H2,1H3,(H,19,20). The molecule has 0 saturated carbocycles. The minimum Gasteiger partial charge on any atom is -0.481 e. The van der Waals surface area contributed by atoms with Crippen molar-refractivity contribution in [2.45, 2.75) is 49.6 Å². The number of halogens is 8. The number of carboxylic acids is 1. The largest absolute Gasteiger partial charge is 0.481 e. The molecule has 0 saturated heterocycles. The van der Waals surface area contributed by atoms with Crippen molar-refractivity contribution in [3.8, 4) is 0 Å². The zero-order valence-electron chi connectivity index (χ0n) is 9.82. The van der Waals surface area contributed by atoms with Crippen LogP contribution in [0.1, 0.15) is 19.8 Å². The Bertz CT molecular complexity index is 368. The molecule has 0 radical (unpaired) electrons. The Morgan fingerprint density at radius 2 is 1.40 bits per heavy atom. The van der Waals surface area contributed by atoms with Crippen LogP contribution in [-0.2, 0) is 4.79 Å². The van der Waals surface area contributed by atoms with Gasteiger partial charge in [-0.25, -0.2) is 0 Å². The lowest BCUT2D eigenvalue weighted by Gasteiger charge is -2.37. The first-order valence-electron chi connectivity index (χ1n) is 5.06.